The molecule has 2 heterocycles. The van der Waals surface area contributed by atoms with E-state index in [9.17, 15) is 9.59 Å². The normalized spacial score (nSPS) is 25.5. The molecule has 2 fully saturated rings. The minimum atomic E-state index is -0.343. The molecule has 2 bridgehead atoms. The second kappa shape index (κ2) is 5.03. The number of rotatable bonds is 2. The van der Waals surface area contributed by atoms with Crippen molar-refractivity contribution in [2.24, 2.45) is 0 Å². The Morgan fingerprint density at radius 2 is 2.00 bits per heavy atom. The number of nitrogens with zero attached hydrogens (tertiary/aromatic N) is 1. The van der Waals surface area contributed by atoms with Crippen LogP contribution in [0, 0.1) is 0 Å². The Balaban J connectivity index is 1.63. The van der Waals surface area contributed by atoms with E-state index >= 15 is 0 Å². The molecular weight excluding hydrogens is 242 g/mol. The molecule has 0 N–H and O–H groups in total. The third-order valence-electron chi connectivity index (χ3n) is 4.01. The van der Waals surface area contributed by atoms with Gasteiger partial charge in [-0.25, -0.2) is 4.79 Å². The zero-order chi connectivity index (χ0) is 13.2. The molecule has 1 amide bonds. The van der Waals surface area contributed by atoms with Crippen LogP contribution in [0.2, 0.25) is 0 Å². The summed E-state index contributed by atoms with van der Waals surface area (Å²) in [4.78, 5) is 25.6. The molecule has 2 aliphatic rings. The van der Waals surface area contributed by atoms with Crippen molar-refractivity contribution in [3.05, 3.63) is 35.9 Å². The maximum absolute atomic E-state index is 12.1. The van der Waals surface area contributed by atoms with Gasteiger partial charge in [-0.05, 0) is 24.8 Å². The molecule has 1 aromatic carbocycles. The zero-order valence-electron chi connectivity index (χ0n) is 10.7. The summed E-state index contributed by atoms with van der Waals surface area (Å²) in [6.45, 7) is 0.268. The first-order valence-corrected chi connectivity index (χ1v) is 6.77. The van der Waals surface area contributed by atoms with Gasteiger partial charge in [0.1, 0.15) is 6.61 Å². The molecule has 0 spiro atoms. The van der Waals surface area contributed by atoms with E-state index in [1.165, 1.54) is 0 Å². The standard InChI is InChI=1S/C15H17NO3/c17-14-9-7-12-6-8-13(14)16(12)15(18)19-10-11-4-2-1-3-5-11/h1-5,12-13H,6-10H2/t12-,13+/m0/s1. The monoisotopic (exact) mass is 259 g/mol. The van der Waals surface area contributed by atoms with E-state index in [-0.39, 0.29) is 30.6 Å². The minimum Gasteiger partial charge on any atom is -0.445 e. The lowest BCUT2D eigenvalue weighted by molar-refractivity contribution is -0.125. The van der Waals surface area contributed by atoms with E-state index in [1.807, 2.05) is 30.3 Å². The Labute approximate surface area is 112 Å². The summed E-state index contributed by atoms with van der Waals surface area (Å²) in [5.74, 6) is 0.186. The van der Waals surface area contributed by atoms with Gasteiger partial charge in [-0.3, -0.25) is 9.69 Å². The summed E-state index contributed by atoms with van der Waals surface area (Å²) in [5, 5.41) is 0. The van der Waals surface area contributed by atoms with Crippen molar-refractivity contribution in [2.75, 3.05) is 0 Å². The fraction of sp³-hybridized carbons (Fsp3) is 0.467. The van der Waals surface area contributed by atoms with E-state index < -0.39 is 0 Å². The first-order chi connectivity index (χ1) is 9.25. The third kappa shape index (κ3) is 2.35. The Kier molecular flexibility index (Phi) is 3.23. The summed E-state index contributed by atoms with van der Waals surface area (Å²) in [5.41, 5.74) is 0.964. The lowest BCUT2D eigenvalue weighted by Crippen LogP contribution is -2.48. The first kappa shape index (κ1) is 12.2. The third-order valence-corrected chi connectivity index (χ3v) is 4.01. The van der Waals surface area contributed by atoms with Gasteiger partial charge in [0, 0.05) is 12.5 Å². The average Bonchev–Trinajstić information content (AvgIpc) is 2.78. The predicted octanol–water partition coefficient (Wildman–Crippen LogP) is 2.52. The lowest BCUT2D eigenvalue weighted by atomic mass is 10.0. The van der Waals surface area contributed by atoms with Crippen molar-refractivity contribution in [1.29, 1.82) is 0 Å². The zero-order valence-corrected chi connectivity index (χ0v) is 10.7. The molecule has 1 aromatic rings. The molecule has 4 heteroatoms. The van der Waals surface area contributed by atoms with Crippen molar-refractivity contribution in [1.82, 2.24) is 4.90 Å². The van der Waals surface area contributed by atoms with Crippen LogP contribution in [0.15, 0.2) is 30.3 Å². The number of hydrogen-bond donors (Lipinski definition) is 0. The second-order valence-corrected chi connectivity index (χ2v) is 5.20. The number of amides is 1. The Hall–Kier alpha value is -1.84. The van der Waals surface area contributed by atoms with E-state index in [2.05, 4.69) is 0 Å². The summed E-state index contributed by atoms with van der Waals surface area (Å²) in [7, 11) is 0. The number of carbonyl (C=O) groups excluding carboxylic acids is 2. The van der Waals surface area contributed by atoms with Gasteiger partial charge in [0.05, 0.1) is 6.04 Å². The molecule has 0 unspecified atom stereocenters. The molecular formula is C15H17NO3. The summed E-state index contributed by atoms with van der Waals surface area (Å²) < 4.78 is 5.33. The highest BCUT2D eigenvalue weighted by molar-refractivity contribution is 5.89. The molecule has 0 aromatic heterocycles. The van der Waals surface area contributed by atoms with Crippen molar-refractivity contribution in [3.63, 3.8) is 0 Å². The van der Waals surface area contributed by atoms with Gasteiger partial charge >= 0.3 is 6.09 Å². The van der Waals surface area contributed by atoms with Crippen LogP contribution in [0.4, 0.5) is 4.79 Å². The number of carbonyl (C=O) groups is 2. The Morgan fingerprint density at radius 3 is 2.79 bits per heavy atom. The highest BCUT2D eigenvalue weighted by Gasteiger charge is 2.44. The summed E-state index contributed by atoms with van der Waals surface area (Å²) in [6.07, 6.45) is 2.78. The van der Waals surface area contributed by atoms with Gasteiger partial charge < -0.3 is 4.74 Å². The summed E-state index contributed by atoms with van der Waals surface area (Å²) >= 11 is 0. The average molecular weight is 259 g/mol. The van der Waals surface area contributed by atoms with E-state index in [0.29, 0.717) is 6.42 Å². The smallest absolute Gasteiger partial charge is 0.410 e. The largest absolute Gasteiger partial charge is 0.445 e. The number of fused-ring (bicyclic) bond motifs is 2. The number of benzene rings is 1. The Morgan fingerprint density at radius 1 is 1.21 bits per heavy atom. The number of hydrogen-bond acceptors (Lipinski definition) is 3. The van der Waals surface area contributed by atoms with Gasteiger partial charge in [-0.2, -0.15) is 0 Å². The Bertz CT molecular complexity index is 485. The van der Waals surface area contributed by atoms with Crippen molar-refractivity contribution in [2.45, 2.75) is 44.4 Å². The highest BCUT2D eigenvalue weighted by Crippen LogP contribution is 2.34. The van der Waals surface area contributed by atoms with Crippen molar-refractivity contribution < 1.29 is 14.3 Å². The van der Waals surface area contributed by atoms with Crippen LogP contribution in [0.3, 0.4) is 0 Å². The lowest BCUT2D eigenvalue weighted by Gasteiger charge is -2.32. The molecule has 4 nitrogen and oxygen atoms in total. The van der Waals surface area contributed by atoms with Gasteiger partial charge in [-0.15, -0.1) is 0 Å². The molecule has 3 rings (SSSR count). The van der Waals surface area contributed by atoms with Crippen LogP contribution in [0.5, 0.6) is 0 Å². The van der Waals surface area contributed by atoms with Gasteiger partial charge in [-0.1, -0.05) is 30.3 Å². The van der Waals surface area contributed by atoms with Crippen LogP contribution >= 0.6 is 0 Å². The van der Waals surface area contributed by atoms with Gasteiger partial charge in [0.15, 0.2) is 5.78 Å². The molecule has 0 aliphatic carbocycles. The SMILES string of the molecule is O=C1CC[C@@H]2CC[C@H]1N2C(=O)OCc1ccccc1. The number of ketones is 1. The molecule has 2 atom stereocenters. The second-order valence-electron chi connectivity index (χ2n) is 5.20. The number of Topliss-reactive ketones (excluding diaryl/α,β-unsaturated/α-hetero) is 1. The fourth-order valence-electron chi connectivity index (χ4n) is 3.03. The van der Waals surface area contributed by atoms with Crippen LogP contribution < -0.4 is 0 Å². The van der Waals surface area contributed by atoms with E-state index in [1.54, 1.807) is 4.90 Å². The molecule has 100 valence electrons. The minimum absolute atomic E-state index is 0.186. The van der Waals surface area contributed by atoms with Crippen LogP contribution in [0.1, 0.15) is 31.2 Å². The van der Waals surface area contributed by atoms with Gasteiger partial charge in [0.25, 0.3) is 0 Å². The number of piperidine rings is 1. The molecule has 2 aliphatic heterocycles. The van der Waals surface area contributed by atoms with Crippen molar-refractivity contribution in [3.8, 4) is 0 Å². The van der Waals surface area contributed by atoms with E-state index in [0.717, 1.165) is 24.8 Å². The van der Waals surface area contributed by atoms with Crippen LogP contribution in [0.25, 0.3) is 0 Å². The molecule has 2 saturated heterocycles. The van der Waals surface area contributed by atoms with E-state index in [4.69, 9.17) is 4.74 Å². The maximum Gasteiger partial charge on any atom is 0.410 e. The maximum atomic E-state index is 12.1. The molecule has 19 heavy (non-hydrogen) atoms. The van der Waals surface area contributed by atoms with Crippen LogP contribution in [-0.4, -0.2) is 28.9 Å². The molecule has 0 saturated carbocycles. The number of ether oxygens (including phenoxy) is 1. The van der Waals surface area contributed by atoms with Gasteiger partial charge in [0.2, 0.25) is 0 Å². The first-order valence-electron chi connectivity index (χ1n) is 6.77. The highest BCUT2D eigenvalue weighted by atomic mass is 16.6. The van der Waals surface area contributed by atoms with Crippen LogP contribution in [-0.2, 0) is 16.1 Å². The quantitative estimate of drug-likeness (QED) is 0.820. The summed E-state index contributed by atoms with van der Waals surface area (Å²) in [6, 6.07) is 9.56. The predicted molar refractivity (Wildman–Crippen MR) is 69.5 cm³/mol. The topological polar surface area (TPSA) is 46.6 Å². The molecule has 0 radical (unpaired) electrons. The van der Waals surface area contributed by atoms with Crippen molar-refractivity contribution >= 4 is 11.9 Å². The fourth-order valence-corrected chi connectivity index (χ4v) is 3.03.